The van der Waals surface area contributed by atoms with Crippen molar-refractivity contribution in [2.45, 2.75) is 25.7 Å². The fourth-order valence-electron chi connectivity index (χ4n) is 3.19. The first kappa shape index (κ1) is 21.0. The van der Waals surface area contributed by atoms with Gasteiger partial charge < -0.3 is 4.74 Å². The Morgan fingerprint density at radius 1 is 1.06 bits per heavy atom. The zero-order valence-corrected chi connectivity index (χ0v) is 18.0. The Balaban J connectivity index is 1.82. The minimum absolute atomic E-state index is 0.228. The van der Waals surface area contributed by atoms with Crippen LogP contribution in [0.1, 0.15) is 18.2 Å². The third-order valence-corrected chi connectivity index (χ3v) is 5.79. The number of esters is 1. The average molecular weight is 439 g/mol. The lowest BCUT2D eigenvalue weighted by atomic mass is 10.0. The molecule has 5 nitrogen and oxygen atoms in total. The van der Waals surface area contributed by atoms with E-state index in [4.69, 9.17) is 9.84 Å². The highest BCUT2D eigenvalue weighted by Crippen LogP contribution is 2.36. The lowest BCUT2D eigenvalue weighted by Gasteiger charge is -2.06. The number of halogens is 2. The van der Waals surface area contributed by atoms with Crippen LogP contribution in [0.25, 0.3) is 28.0 Å². The molecule has 4 aromatic rings. The highest BCUT2D eigenvalue weighted by Gasteiger charge is 2.20. The number of hydrogen-bond donors (Lipinski definition) is 0. The number of fused-ring (bicyclic) bond motifs is 1. The molecular formula is C23H19F2N3O2S. The zero-order valence-electron chi connectivity index (χ0n) is 17.1. The largest absolute Gasteiger partial charge is 0.454 e. The monoisotopic (exact) mass is 439 g/mol. The summed E-state index contributed by atoms with van der Waals surface area (Å²) in [6.07, 6.45) is 1.74. The molecule has 0 radical (unpaired) electrons. The first-order valence-electron chi connectivity index (χ1n) is 9.52. The van der Waals surface area contributed by atoms with Crippen molar-refractivity contribution in [3.63, 3.8) is 0 Å². The molecule has 4 rings (SSSR count). The molecule has 0 fully saturated rings. The molecule has 0 saturated carbocycles. The van der Waals surface area contributed by atoms with Crippen LogP contribution in [-0.4, -0.2) is 26.5 Å². The molecule has 2 aromatic carbocycles. The molecular weight excluding hydrogens is 420 g/mol. The van der Waals surface area contributed by atoms with Crippen molar-refractivity contribution in [3.8, 4) is 22.4 Å². The van der Waals surface area contributed by atoms with E-state index >= 15 is 0 Å². The molecule has 0 amide bonds. The van der Waals surface area contributed by atoms with Crippen LogP contribution in [0.5, 0.6) is 0 Å². The highest BCUT2D eigenvalue weighted by molar-refractivity contribution is 7.99. The molecule has 0 aliphatic carbocycles. The number of thioether (sulfide) groups is 1. The third-order valence-electron chi connectivity index (χ3n) is 4.95. The maximum Gasteiger partial charge on any atom is 0.303 e. The van der Waals surface area contributed by atoms with Crippen molar-refractivity contribution < 1.29 is 18.3 Å². The molecule has 0 atom stereocenters. The van der Waals surface area contributed by atoms with E-state index in [-0.39, 0.29) is 11.9 Å². The van der Waals surface area contributed by atoms with E-state index in [2.05, 4.69) is 4.98 Å². The van der Waals surface area contributed by atoms with Gasteiger partial charge in [-0.15, -0.1) is 0 Å². The van der Waals surface area contributed by atoms with Crippen molar-refractivity contribution in [1.82, 2.24) is 14.6 Å². The van der Waals surface area contributed by atoms with Gasteiger partial charge in [0.25, 0.3) is 0 Å². The topological polar surface area (TPSA) is 56.5 Å². The van der Waals surface area contributed by atoms with Gasteiger partial charge in [-0.05, 0) is 49.2 Å². The smallest absolute Gasteiger partial charge is 0.303 e. The van der Waals surface area contributed by atoms with Crippen molar-refractivity contribution in [2.24, 2.45) is 0 Å². The maximum atomic E-state index is 14.0. The minimum atomic E-state index is -0.927. The van der Waals surface area contributed by atoms with Crippen molar-refractivity contribution in [3.05, 3.63) is 71.6 Å². The second kappa shape index (κ2) is 8.47. The van der Waals surface area contributed by atoms with Crippen LogP contribution in [0.3, 0.4) is 0 Å². The van der Waals surface area contributed by atoms with Crippen LogP contribution < -0.4 is 0 Å². The summed E-state index contributed by atoms with van der Waals surface area (Å²) < 4.78 is 34.2. The average Bonchev–Trinajstić information content (AvgIpc) is 3.13. The Morgan fingerprint density at radius 2 is 1.77 bits per heavy atom. The maximum absolute atomic E-state index is 14.0. The van der Waals surface area contributed by atoms with Gasteiger partial charge in [0.05, 0.1) is 5.56 Å². The van der Waals surface area contributed by atoms with E-state index in [0.717, 1.165) is 33.8 Å². The summed E-state index contributed by atoms with van der Waals surface area (Å²) in [5, 5.41) is 4.75. The fourth-order valence-corrected chi connectivity index (χ4v) is 3.88. The minimum Gasteiger partial charge on any atom is -0.454 e. The Hall–Kier alpha value is -3.26. The van der Waals surface area contributed by atoms with Gasteiger partial charge in [0.15, 0.2) is 17.3 Å². The molecule has 0 saturated heterocycles. The second-order valence-electron chi connectivity index (χ2n) is 7.04. The van der Waals surface area contributed by atoms with Gasteiger partial charge in [-0.25, -0.2) is 18.3 Å². The summed E-state index contributed by atoms with van der Waals surface area (Å²) in [6, 6.07) is 11.4. The number of rotatable bonds is 5. The summed E-state index contributed by atoms with van der Waals surface area (Å²) in [5.74, 6) is -1.94. The van der Waals surface area contributed by atoms with E-state index in [1.165, 1.54) is 24.8 Å². The molecule has 0 unspecified atom stereocenters. The number of hydrogen-bond acceptors (Lipinski definition) is 5. The van der Waals surface area contributed by atoms with E-state index < -0.39 is 11.6 Å². The summed E-state index contributed by atoms with van der Waals surface area (Å²) in [6.45, 7) is 5.24. The van der Waals surface area contributed by atoms with Gasteiger partial charge in [0, 0.05) is 29.3 Å². The van der Waals surface area contributed by atoms with E-state index in [9.17, 15) is 13.6 Å². The van der Waals surface area contributed by atoms with E-state index in [1.54, 1.807) is 10.7 Å². The summed E-state index contributed by atoms with van der Waals surface area (Å²) in [7, 11) is 0. The summed E-state index contributed by atoms with van der Waals surface area (Å²) >= 11 is 1.39. The summed E-state index contributed by atoms with van der Waals surface area (Å²) in [5.41, 5.74) is 4.99. The van der Waals surface area contributed by atoms with Crippen molar-refractivity contribution >= 4 is 23.4 Å². The first-order valence-corrected chi connectivity index (χ1v) is 10.5. The van der Waals surface area contributed by atoms with Gasteiger partial charge >= 0.3 is 5.97 Å². The molecule has 0 N–H and O–H groups in total. The standard InChI is InChI=1S/C23H19F2N3O2S/c1-13-11-26-23-21(17-6-9-19(24)20(25)10-17)22(27-28(23)14(13)2)16-4-7-18(8-5-16)31-12-30-15(3)29/h4-11H,12H2,1-3H3. The molecule has 0 spiro atoms. The Bertz CT molecular complexity index is 1290. The zero-order chi connectivity index (χ0) is 22.1. The predicted octanol–water partition coefficient (Wildman–Crippen LogP) is 5.57. The van der Waals surface area contributed by atoms with Gasteiger partial charge in [0.2, 0.25) is 0 Å². The molecule has 8 heteroatoms. The predicted molar refractivity (Wildman–Crippen MR) is 116 cm³/mol. The number of ether oxygens (including phenoxy) is 1. The Morgan fingerprint density at radius 3 is 2.45 bits per heavy atom. The third kappa shape index (κ3) is 4.16. The Kier molecular flexibility index (Phi) is 5.73. The van der Waals surface area contributed by atoms with Crippen molar-refractivity contribution in [1.29, 1.82) is 0 Å². The molecule has 158 valence electrons. The molecule has 0 aliphatic heterocycles. The SMILES string of the molecule is CC(=O)OCSc1ccc(-c2nn3c(C)c(C)cnc3c2-c2ccc(F)c(F)c2)cc1. The van der Waals surface area contributed by atoms with Gasteiger partial charge in [0.1, 0.15) is 11.6 Å². The van der Waals surface area contributed by atoms with Crippen LogP contribution in [-0.2, 0) is 9.53 Å². The van der Waals surface area contributed by atoms with E-state index in [1.807, 2.05) is 38.1 Å². The number of carbonyl (C=O) groups is 1. The van der Waals surface area contributed by atoms with Crippen LogP contribution in [0.15, 0.2) is 53.6 Å². The molecule has 2 aromatic heterocycles. The van der Waals surface area contributed by atoms with Crippen molar-refractivity contribution in [2.75, 3.05) is 5.94 Å². The number of aryl methyl sites for hydroxylation is 2. The molecule has 0 bridgehead atoms. The summed E-state index contributed by atoms with van der Waals surface area (Å²) in [4.78, 5) is 16.4. The fraction of sp³-hybridized carbons (Fsp3) is 0.174. The number of benzene rings is 2. The molecule has 2 heterocycles. The van der Waals surface area contributed by atoms with Gasteiger partial charge in [-0.3, -0.25) is 4.79 Å². The Labute approximate surface area is 182 Å². The molecule has 0 aliphatic rings. The van der Waals surface area contributed by atoms with Crippen LogP contribution >= 0.6 is 11.8 Å². The van der Waals surface area contributed by atoms with E-state index in [0.29, 0.717) is 22.5 Å². The first-order chi connectivity index (χ1) is 14.8. The normalized spacial score (nSPS) is 11.1. The second-order valence-corrected chi connectivity index (χ2v) is 8.03. The number of nitrogens with zero attached hydrogens (tertiary/aromatic N) is 3. The van der Waals surface area contributed by atoms with Crippen LogP contribution in [0.2, 0.25) is 0 Å². The van der Waals surface area contributed by atoms with Crippen LogP contribution in [0, 0.1) is 25.5 Å². The quantitative estimate of drug-likeness (QED) is 0.231. The van der Waals surface area contributed by atoms with Crippen LogP contribution in [0.4, 0.5) is 8.78 Å². The lowest BCUT2D eigenvalue weighted by Crippen LogP contribution is -1.98. The van der Waals surface area contributed by atoms with Gasteiger partial charge in [-0.2, -0.15) is 5.10 Å². The highest BCUT2D eigenvalue weighted by atomic mass is 32.2. The molecule has 31 heavy (non-hydrogen) atoms. The lowest BCUT2D eigenvalue weighted by molar-refractivity contribution is -0.138. The number of carbonyl (C=O) groups excluding carboxylic acids is 1. The van der Waals surface area contributed by atoms with Gasteiger partial charge in [-0.1, -0.05) is 30.0 Å². The number of aromatic nitrogens is 3.